The van der Waals surface area contributed by atoms with Crippen LogP contribution in [0.2, 0.25) is 0 Å². The Morgan fingerprint density at radius 3 is 2.10 bits per heavy atom. The van der Waals surface area contributed by atoms with E-state index in [1.54, 1.807) is 6.92 Å². The quantitative estimate of drug-likeness (QED) is 0.533. The highest BCUT2D eigenvalue weighted by molar-refractivity contribution is 5.80. The number of hydrogen-bond donors (Lipinski definition) is 0. The maximum Gasteiger partial charge on any atom is 0.133 e. The summed E-state index contributed by atoms with van der Waals surface area (Å²) in [6.07, 6.45) is 2.78. The van der Waals surface area contributed by atoms with Gasteiger partial charge in [0, 0.05) is 5.92 Å². The molecule has 4 saturated carbocycles. The summed E-state index contributed by atoms with van der Waals surface area (Å²) in [5, 5.41) is 0. The lowest BCUT2D eigenvalue weighted by Gasteiger charge is -2.08. The van der Waals surface area contributed by atoms with Crippen molar-refractivity contribution in [3.8, 4) is 0 Å². The van der Waals surface area contributed by atoms with Gasteiger partial charge in [0.25, 0.3) is 0 Å². The normalized spacial score (nSPS) is 61.1. The number of hydrogen-bond acceptors (Lipinski definition) is 1. The highest BCUT2D eigenvalue weighted by Crippen LogP contribution is 2.73. The average Bonchev–Trinajstić information content (AvgIpc) is 2.38. The predicted octanol–water partition coefficient (Wildman–Crippen LogP) is 1.48. The smallest absolute Gasteiger partial charge is 0.133 e. The van der Waals surface area contributed by atoms with Crippen LogP contribution in [0, 0.1) is 29.6 Å². The minimum atomic E-state index is 0.470. The van der Waals surface area contributed by atoms with Crippen LogP contribution >= 0.6 is 0 Å². The van der Waals surface area contributed by atoms with E-state index in [0.717, 1.165) is 23.7 Å². The molecule has 54 valence electrons. The predicted molar refractivity (Wildman–Crippen MR) is 37.4 cm³/mol. The summed E-state index contributed by atoms with van der Waals surface area (Å²) in [7, 11) is 0. The third-order valence-electron chi connectivity index (χ3n) is 3.94. The van der Waals surface area contributed by atoms with Crippen molar-refractivity contribution in [2.45, 2.75) is 19.8 Å². The summed E-state index contributed by atoms with van der Waals surface area (Å²) < 4.78 is 0. The molecule has 3 unspecified atom stereocenters. The minimum absolute atomic E-state index is 0.470. The van der Waals surface area contributed by atoms with E-state index in [4.69, 9.17) is 0 Å². The fourth-order valence-corrected chi connectivity index (χ4v) is 3.68. The average molecular weight is 136 g/mol. The molecule has 0 radical (unpaired) electrons. The van der Waals surface area contributed by atoms with E-state index in [-0.39, 0.29) is 0 Å². The Hall–Kier alpha value is -0.330. The second-order valence-electron chi connectivity index (χ2n) is 4.27. The first-order chi connectivity index (χ1) is 4.79. The third kappa shape index (κ3) is 0.388. The van der Waals surface area contributed by atoms with Gasteiger partial charge in [0.05, 0.1) is 0 Å². The first-order valence-corrected chi connectivity index (χ1v) is 4.29. The second kappa shape index (κ2) is 1.32. The molecule has 4 aliphatic rings. The molecule has 0 N–H and O–H groups in total. The molecule has 4 aliphatic carbocycles. The van der Waals surface area contributed by atoms with Crippen LogP contribution in [0.5, 0.6) is 0 Å². The topological polar surface area (TPSA) is 17.1 Å². The van der Waals surface area contributed by atoms with Gasteiger partial charge in [-0.1, -0.05) is 0 Å². The van der Waals surface area contributed by atoms with Gasteiger partial charge < -0.3 is 0 Å². The van der Waals surface area contributed by atoms with Crippen LogP contribution in [0.25, 0.3) is 0 Å². The summed E-state index contributed by atoms with van der Waals surface area (Å²) in [4.78, 5) is 11.1. The van der Waals surface area contributed by atoms with Crippen LogP contribution in [0.3, 0.4) is 0 Å². The fraction of sp³-hybridized carbons (Fsp3) is 0.889. The minimum Gasteiger partial charge on any atom is -0.300 e. The summed E-state index contributed by atoms with van der Waals surface area (Å²) in [6, 6.07) is 0. The first kappa shape index (κ1) is 5.34. The monoisotopic (exact) mass is 136 g/mol. The van der Waals surface area contributed by atoms with E-state index >= 15 is 0 Å². The molecule has 0 aliphatic heterocycles. The summed E-state index contributed by atoms with van der Waals surface area (Å²) in [6.45, 7) is 1.78. The Kier molecular flexibility index (Phi) is 0.704. The first-order valence-electron chi connectivity index (χ1n) is 4.29. The largest absolute Gasteiger partial charge is 0.300 e. The second-order valence-corrected chi connectivity index (χ2v) is 4.27. The van der Waals surface area contributed by atoms with Gasteiger partial charge in [0.15, 0.2) is 0 Å². The maximum absolute atomic E-state index is 11.1. The van der Waals surface area contributed by atoms with Crippen molar-refractivity contribution in [1.82, 2.24) is 0 Å². The highest BCUT2D eigenvalue weighted by atomic mass is 16.1. The summed E-state index contributed by atoms with van der Waals surface area (Å²) in [5.74, 6) is 4.66. The van der Waals surface area contributed by atoms with Gasteiger partial charge >= 0.3 is 0 Å². The molecule has 0 aromatic heterocycles. The molecule has 4 fully saturated rings. The standard InChI is InChI=1S/C9H12O/c1-4(10)8-5-2-6-7(3-5)9(6)8/h5-9H,2-3H2,1H3/t5?,6-,7?,8+,9?/m0/s1. The summed E-state index contributed by atoms with van der Waals surface area (Å²) >= 11 is 0. The zero-order valence-electron chi connectivity index (χ0n) is 6.21. The fourth-order valence-electron chi connectivity index (χ4n) is 3.68. The van der Waals surface area contributed by atoms with Crippen LogP contribution in [-0.2, 0) is 4.79 Å². The Morgan fingerprint density at radius 1 is 1.30 bits per heavy atom. The zero-order valence-corrected chi connectivity index (χ0v) is 6.21. The van der Waals surface area contributed by atoms with Gasteiger partial charge in [-0.05, 0) is 43.4 Å². The maximum atomic E-state index is 11.1. The van der Waals surface area contributed by atoms with Gasteiger partial charge in [-0.2, -0.15) is 0 Å². The van der Waals surface area contributed by atoms with Crippen LogP contribution in [0.15, 0.2) is 0 Å². The van der Waals surface area contributed by atoms with Crippen LogP contribution in [-0.4, -0.2) is 5.78 Å². The third-order valence-corrected chi connectivity index (χ3v) is 3.94. The lowest BCUT2D eigenvalue weighted by molar-refractivity contribution is -0.121. The molecule has 4 bridgehead atoms. The van der Waals surface area contributed by atoms with E-state index in [9.17, 15) is 4.79 Å². The number of Topliss-reactive ketones (excluding diaryl/α,β-unsaturated/α-hetero) is 1. The molecule has 0 saturated heterocycles. The van der Waals surface area contributed by atoms with Crippen molar-refractivity contribution in [2.24, 2.45) is 29.6 Å². The number of ketones is 1. The molecule has 10 heavy (non-hydrogen) atoms. The van der Waals surface area contributed by atoms with Crippen molar-refractivity contribution in [3.05, 3.63) is 0 Å². The van der Waals surface area contributed by atoms with Crippen molar-refractivity contribution in [2.75, 3.05) is 0 Å². The van der Waals surface area contributed by atoms with Gasteiger partial charge in [0.1, 0.15) is 5.78 Å². The molecule has 0 aromatic carbocycles. The SMILES string of the molecule is CC(=O)[C@@H]1C2CC3C1[C@H]3C2. The van der Waals surface area contributed by atoms with Crippen LogP contribution < -0.4 is 0 Å². The van der Waals surface area contributed by atoms with Gasteiger partial charge in [0.2, 0.25) is 0 Å². The van der Waals surface area contributed by atoms with Gasteiger partial charge in [-0.15, -0.1) is 0 Å². The lowest BCUT2D eigenvalue weighted by atomic mass is 9.95. The Morgan fingerprint density at radius 2 is 1.90 bits per heavy atom. The Bertz CT molecular complexity index is 195. The van der Waals surface area contributed by atoms with E-state index in [0.29, 0.717) is 11.7 Å². The highest BCUT2D eigenvalue weighted by Gasteiger charge is 2.69. The van der Waals surface area contributed by atoms with Crippen molar-refractivity contribution in [1.29, 1.82) is 0 Å². The lowest BCUT2D eigenvalue weighted by Crippen LogP contribution is -2.14. The van der Waals surface area contributed by atoms with E-state index in [2.05, 4.69) is 0 Å². The molecular weight excluding hydrogens is 124 g/mol. The van der Waals surface area contributed by atoms with E-state index in [1.165, 1.54) is 12.8 Å². The Labute approximate surface area is 60.8 Å². The molecule has 0 amide bonds. The number of carbonyl (C=O) groups is 1. The molecular formula is C9H12O. The molecule has 1 heteroatoms. The van der Waals surface area contributed by atoms with E-state index < -0.39 is 0 Å². The van der Waals surface area contributed by atoms with Crippen LogP contribution in [0.4, 0.5) is 0 Å². The zero-order chi connectivity index (χ0) is 6.88. The molecule has 0 spiro atoms. The Balaban J connectivity index is 1.97. The van der Waals surface area contributed by atoms with Crippen molar-refractivity contribution in [3.63, 3.8) is 0 Å². The summed E-state index contributed by atoms with van der Waals surface area (Å²) in [5.41, 5.74) is 0. The van der Waals surface area contributed by atoms with Crippen LogP contribution in [0.1, 0.15) is 19.8 Å². The van der Waals surface area contributed by atoms with Gasteiger partial charge in [-0.3, -0.25) is 4.79 Å². The number of rotatable bonds is 1. The number of carbonyl (C=O) groups excluding carboxylic acids is 1. The molecule has 0 heterocycles. The molecule has 1 nitrogen and oxygen atoms in total. The van der Waals surface area contributed by atoms with Crippen molar-refractivity contribution < 1.29 is 4.79 Å². The molecule has 0 aromatic rings. The molecule has 5 atom stereocenters. The molecule has 4 rings (SSSR count). The van der Waals surface area contributed by atoms with Gasteiger partial charge in [-0.25, -0.2) is 0 Å². The van der Waals surface area contributed by atoms with Crippen molar-refractivity contribution >= 4 is 5.78 Å². The van der Waals surface area contributed by atoms with E-state index in [1.807, 2.05) is 0 Å².